The molecule has 0 saturated heterocycles. The molecule has 11 aromatic rings. The van der Waals surface area contributed by atoms with Gasteiger partial charge in [0.15, 0.2) is 17.5 Å². The molecule has 0 aliphatic heterocycles. The molecule has 0 N–H and O–H groups in total. The fourth-order valence-electron chi connectivity index (χ4n) is 8.97. The van der Waals surface area contributed by atoms with Gasteiger partial charge in [0.2, 0.25) is 0 Å². The second-order valence-electron chi connectivity index (χ2n) is 15.8. The zero-order valence-electron chi connectivity index (χ0n) is 34.7. The summed E-state index contributed by atoms with van der Waals surface area (Å²) in [7, 11) is 0. The lowest BCUT2D eigenvalue weighted by atomic mass is 9.87. The van der Waals surface area contributed by atoms with Crippen molar-refractivity contribution >= 4 is 21.5 Å². The molecular formula is C60H38N4. The number of rotatable bonds is 8. The maximum Gasteiger partial charge on any atom is 0.164 e. The van der Waals surface area contributed by atoms with Crippen LogP contribution in [0.2, 0.25) is 0 Å². The maximum atomic E-state index is 10.5. The maximum absolute atomic E-state index is 10.5. The van der Waals surface area contributed by atoms with Crippen molar-refractivity contribution in [2.75, 3.05) is 0 Å². The van der Waals surface area contributed by atoms with Crippen molar-refractivity contribution in [3.05, 3.63) is 236 Å². The normalized spacial score (nSPS) is 11.1. The van der Waals surface area contributed by atoms with E-state index < -0.39 is 0 Å². The van der Waals surface area contributed by atoms with Crippen LogP contribution in [0.25, 0.3) is 111 Å². The molecule has 0 saturated carbocycles. The number of hydrogen-bond donors (Lipinski definition) is 0. The van der Waals surface area contributed by atoms with E-state index >= 15 is 0 Å². The molecule has 0 radical (unpaired) electrons. The zero-order chi connectivity index (χ0) is 42.8. The first kappa shape index (κ1) is 38.2. The summed E-state index contributed by atoms with van der Waals surface area (Å²) in [4.78, 5) is 15.4. The molecule has 0 fully saturated rings. The molecule has 1 heterocycles. The number of fused-ring (bicyclic) bond motifs is 3. The fraction of sp³-hybridized carbons (Fsp3) is 0. The van der Waals surface area contributed by atoms with Crippen molar-refractivity contribution in [2.45, 2.75) is 0 Å². The van der Waals surface area contributed by atoms with E-state index in [2.05, 4.69) is 176 Å². The summed E-state index contributed by atoms with van der Waals surface area (Å²) in [5, 5.41) is 15.4. The average molecular weight is 815 g/mol. The van der Waals surface area contributed by atoms with Crippen LogP contribution in [0.15, 0.2) is 231 Å². The van der Waals surface area contributed by atoms with Gasteiger partial charge < -0.3 is 0 Å². The Morgan fingerprint density at radius 3 is 1.39 bits per heavy atom. The summed E-state index contributed by atoms with van der Waals surface area (Å²) >= 11 is 0. The predicted molar refractivity (Wildman–Crippen MR) is 263 cm³/mol. The molecule has 0 aliphatic rings. The second kappa shape index (κ2) is 16.6. The zero-order valence-corrected chi connectivity index (χ0v) is 34.7. The van der Waals surface area contributed by atoms with Crippen molar-refractivity contribution in [3.63, 3.8) is 0 Å². The van der Waals surface area contributed by atoms with Crippen LogP contribution in [0, 0.1) is 11.3 Å². The van der Waals surface area contributed by atoms with Crippen LogP contribution in [0.4, 0.5) is 0 Å². The Morgan fingerprint density at radius 1 is 0.281 bits per heavy atom. The third-order valence-electron chi connectivity index (χ3n) is 12.0. The van der Waals surface area contributed by atoms with Gasteiger partial charge in [-0.25, -0.2) is 15.0 Å². The second-order valence-corrected chi connectivity index (χ2v) is 15.8. The van der Waals surface area contributed by atoms with Gasteiger partial charge in [-0.1, -0.05) is 212 Å². The third-order valence-corrected chi connectivity index (χ3v) is 12.0. The molecule has 11 rings (SSSR count). The van der Waals surface area contributed by atoms with Crippen LogP contribution in [-0.2, 0) is 0 Å². The van der Waals surface area contributed by atoms with Crippen LogP contribution in [-0.4, -0.2) is 15.0 Å². The minimum Gasteiger partial charge on any atom is -0.208 e. The van der Waals surface area contributed by atoms with Crippen LogP contribution in [0.1, 0.15) is 5.56 Å². The molecule has 298 valence electrons. The standard InChI is InChI=1S/C60H38N4/c61-39-47-24-16-32-51(57(47)46-23-15-22-44(37-46)56-38-45-21-7-8-27-50(45)52-28-11-12-29-53(52)56)42-35-33-41(34-36-42)49-26-10-14-31-55(49)60-63-58(43-19-5-2-6-20-43)62-59(64-60)54-30-13-9-25-48(54)40-17-3-1-4-18-40/h1-38H. The van der Waals surface area contributed by atoms with Gasteiger partial charge in [0, 0.05) is 22.3 Å². The Balaban J connectivity index is 0.999. The number of nitriles is 1. The minimum absolute atomic E-state index is 0.592. The molecule has 64 heavy (non-hydrogen) atoms. The van der Waals surface area contributed by atoms with Gasteiger partial charge in [-0.15, -0.1) is 0 Å². The van der Waals surface area contributed by atoms with E-state index in [0.717, 1.165) is 72.3 Å². The van der Waals surface area contributed by atoms with E-state index in [0.29, 0.717) is 23.0 Å². The summed E-state index contributed by atoms with van der Waals surface area (Å²) in [5.41, 5.74) is 13.7. The highest BCUT2D eigenvalue weighted by molar-refractivity contribution is 6.14. The fourth-order valence-corrected chi connectivity index (χ4v) is 8.97. The molecule has 0 amide bonds. The van der Waals surface area contributed by atoms with Gasteiger partial charge in [-0.3, -0.25) is 0 Å². The molecule has 0 aliphatic carbocycles. The Hall–Kier alpha value is -8.78. The molecule has 0 bridgehead atoms. The summed E-state index contributed by atoms with van der Waals surface area (Å²) in [6.07, 6.45) is 0. The topological polar surface area (TPSA) is 62.5 Å². The van der Waals surface area contributed by atoms with Crippen molar-refractivity contribution in [2.24, 2.45) is 0 Å². The van der Waals surface area contributed by atoms with Gasteiger partial charge in [0.1, 0.15) is 0 Å². The van der Waals surface area contributed by atoms with E-state index in [4.69, 9.17) is 15.0 Å². The smallest absolute Gasteiger partial charge is 0.164 e. The lowest BCUT2D eigenvalue weighted by Gasteiger charge is -2.16. The van der Waals surface area contributed by atoms with E-state index in [1.807, 2.05) is 60.7 Å². The van der Waals surface area contributed by atoms with E-state index in [9.17, 15) is 5.26 Å². The Labute approximate surface area is 372 Å². The minimum atomic E-state index is 0.592. The SMILES string of the molecule is N#Cc1cccc(-c2ccc(-c3ccccc3-c3nc(-c4ccccc4)nc(-c4ccccc4-c4ccccc4)n3)cc2)c1-c1cccc(-c2cc3ccccc3c3ccccc23)c1. The highest BCUT2D eigenvalue weighted by Gasteiger charge is 2.19. The lowest BCUT2D eigenvalue weighted by Crippen LogP contribution is -2.02. The summed E-state index contributed by atoms with van der Waals surface area (Å²) in [6.45, 7) is 0. The van der Waals surface area contributed by atoms with Crippen LogP contribution >= 0.6 is 0 Å². The monoisotopic (exact) mass is 814 g/mol. The van der Waals surface area contributed by atoms with Crippen molar-refractivity contribution in [1.82, 2.24) is 15.0 Å². The number of hydrogen-bond acceptors (Lipinski definition) is 4. The Kier molecular flexibility index (Phi) is 9.89. The summed E-state index contributed by atoms with van der Waals surface area (Å²) in [5.74, 6) is 1.81. The van der Waals surface area contributed by atoms with Gasteiger partial charge in [0.25, 0.3) is 0 Å². The molecule has 0 unspecified atom stereocenters. The third kappa shape index (κ3) is 7.08. The van der Waals surface area contributed by atoms with Crippen LogP contribution < -0.4 is 0 Å². The molecule has 10 aromatic carbocycles. The van der Waals surface area contributed by atoms with Gasteiger partial charge in [-0.05, 0) is 89.8 Å². The molecule has 4 heteroatoms. The molecule has 0 spiro atoms. The van der Waals surface area contributed by atoms with Crippen LogP contribution in [0.5, 0.6) is 0 Å². The Bertz CT molecular complexity index is 3550. The van der Waals surface area contributed by atoms with Gasteiger partial charge >= 0.3 is 0 Å². The Morgan fingerprint density at radius 2 is 0.734 bits per heavy atom. The first-order valence-electron chi connectivity index (χ1n) is 21.4. The molecular weight excluding hydrogens is 777 g/mol. The lowest BCUT2D eigenvalue weighted by molar-refractivity contribution is 1.07. The molecule has 1 aromatic heterocycles. The number of nitrogens with zero attached hydrogens (tertiary/aromatic N) is 4. The van der Waals surface area contributed by atoms with E-state index in [1.165, 1.54) is 21.5 Å². The van der Waals surface area contributed by atoms with Crippen molar-refractivity contribution in [1.29, 1.82) is 5.26 Å². The first-order chi connectivity index (χ1) is 31.7. The number of benzene rings is 10. The first-order valence-corrected chi connectivity index (χ1v) is 21.4. The molecule has 4 nitrogen and oxygen atoms in total. The van der Waals surface area contributed by atoms with E-state index in [1.54, 1.807) is 0 Å². The molecule has 0 atom stereocenters. The largest absolute Gasteiger partial charge is 0.208 e. The van der Waals surface area contributed by atoms with Crippen molar-refractivity contribution < 1.29 is 0 Å². The average Bonchev–Trinajstić information content (AvgIpc) is 3.38. The van der Waals surface area contributed by atoms with Crippen LogP contribution in [0.3, 0.4) is 0 Å². The summed E-state index contributed by atoms with van der Waals surface area (Å²) in [6, 6.07) is 82.2. The van der Waals surface area contributed by atoms with Gasteiger partial charge in [-0.2, -0.15) is 5.26 Å². The quantitative estimate of drug-likeness (QED) is 0.143. The highest BCUT2D eigenvalue weighted by Crippen LogP contribution is 2.41. The van der Waals surface area contributed by atoms with E-state index in [-0.39, 0.29) is 0 Å². The predicted octanol–water partition coefficient (Wildman–Crippen LogP) is 15.4. The summed E-state index contributed by atoms with van der Waals surface area (Å²) < 4.78 is 0. The highest BCUT2D eigenvalue weighted by atomic mass is 15.0. The van der Waals surface area contributed by atoms with Crippen molar-refractivity contribution in [3.8, 4) is 95.9 Å². The van der Waals surface area contributed by atoms with Gasteiger partial charge in [0.05, 0.1) is 11.6 Å². The number of aromatic nitrogens is 3.